The highest BCUT2D eigenvalue weighted by Crippen LogP contribution is 2.53. The summed E-state index contributed by atoms with van der Waals surface area (Å²) in [6, 6.07) is 0.543. The van der Waals surface area contributed by atoms with Gasteiger partial charge in [0.25, 0.3) is 5.91 Å². The summed E-state index contributed by atoms with van der Waals surface area (Å²) in [5, 5.41) is 44.3. The number of phenolic OH excluding ortho intramolecular Hbond substituents is 1. The van der Waals surface area contributed by atoms with Crippen molar-refractivity contribution in [3.8, 4) is 5.75 Å². The van der Waals surface area contributed by atoms with Crippen LogP contribution in [0.25, 0.3) is 16.8 Å². The largest absolute Gasteiger partial charge is 0.508 e. The van der Waals surface area contributed by atoms with Crippen LogP contribution in [0.15, 0.2) is 35.4 Å². The molecule has 0 unspecified atom stereocenters. The van der Waals surface area contributed by atoms with Crippen molar-refractivity contribution >= 4 is 34.3 Å². The van der Waals surface area contributed by atoms with Crippen LogP contribution in [-0.2, 0) is 20.8 Å². The van der Waals surface area contributed by atoms with Crippen LogP contribution in [0.3, 0.4) is 0 Å². The Morgan fingerprint density at radius 2 is 1.85 bits per heavy atom. The lowest BCUT2D eigenvalue weighted by Gasteiger charge is -2.50. The van der Waals surface area contributed by atoms with E-state index in [9.17, 15) is 34.8 Å². The number of nitrogens with two attached hydrogens (primary N) is 1. The molecule has 1 aromatic heterocycles. The normalized spacial score (nSPS) is 28.8. The molecule has 1 saturated carbocycles. The highest BCUT2D eigenvalue weighted by molar-refractivity contribution is 6.24. The molecule has 0 spiro atoms. The van der Waals surface area contributed by atoms with E-state index in [2.05, 4.69) is 9.97 Å². The van der Waals surface area contributed by atoms with E-state index in [1.807, 2.05) is 0 Å². The maximum atomic E-state index is 13.7. The van der Waals surface area contributed by atoms with Gasteiger partial charge in [0, 0.05) is 23.9 Å². The topological polar surface area (TPSA) is 187 Å². The third kappa shape index (κ3) is 2.62. The van der Waals surface area contributed by atoms with Crippen LogP contribution >= 0.6 is 0 Å². The van der Waals surface area contributed by atoms with E-state index in [-0.39, 0.29) is 35.2 Å². The van der Waals surface area contributed by atoms with Crippen molar-refractivity contribution < 1.29 is 34.8 Å². The first-order valence-corrected chi connectivity index (χ1v) is 10.6. The van der Waals surface area contributed by atoms with Crippen molar-refractivity contribution in [1.29, 1.82) is 0 Å². The minimum Gasteiger partial charge on any atom is -0.508 e. The Labute approximate surface area is 192 Å². The molecule has 5 rings (SSSR count). The van der Waals surface area contributed by atoms with E-state index in [1.165, 1.54) is 17.3 Å². The van der Waals surface area contributed by atoms with Gasteiger partial charge in [0.05, 0.1) is 17.1 Å². The summed E-state index contributed by atoms with van der Waals surface area (Å²) in [4.78, 5) is 48.5. The molecule has 6 N–H and O–H groups in total. The maximum Gasteiger partial charge on any atom is 0.255 e. The Morgan fingerprint density at radius 3 is 2.50 bits per heavy atom. The molecular formula is C23H22N4O7. The second-order valence-electron chi connectivity index (χ2n) is 9.14. The Bertz CT molecular complexity index is 1380. The van der Waals surface area contributed by atoms with Crippen LogP contribution < -0.4 is 5.73 Å². The number of aliphatic hydroxyl groups excluding tert-OH is 2. The number of aromatic nitrogens is 2. The molecule has 1 aromatic carbocycles. The Morgan fingerprint density at radius 1 is 1.18 bits per heavy atom. The second kappa shape index (κ2) is 7.08. The van der Waals surface area contributed by atoms with Crippen LogP contribution in [-0.4, -0.2) is 78.5 Å². The molecule has 11 nitrogen and oxygen atoms in total. The number of likely N-dealkylation sites (N-methyl/N-ethyl adjacent to an activating group) is 1. The lowest BCUT2D eigenvalue weighted by atomic mass is 9.57. The summed E-state index contributed by atoms with van der Waals surface area (Å²) in [5.41, 5.74) is 2.65. The van der Waals surface area contributed by atoms with Crippen molar-refractivity contribution in [3.05, 3.63) is 46.5 Å². The zero-order valence-corrected chi connectivity index (χ0v) is 18.3. The molecule has 1 fully saturated rings. The SMILES string of the molecule is CN(C)[C@@H]1C(=O)C(C(N)=O)=C(O)[C@@]2(O)C(=O)C3=C(O)c4c(cc5nccnc5c4O)C[C@H]3C[C@@H]12. The molecule has 1 heterocycles. The fourth-order valence-electron chi connectivity index (χ4n) is 5.72. The number of hydrogen-bond donors (Lipinski definition) is 5. The van der Waals surface area contributed by atoms with Gasteiger partial charge >= 0.3 is 0 Å². The molecule has 1 amide bonds. The molecule has 2 aromatic rings. The van der Waals surface area contributed by atoms with Crippen LogP contribution in [0, 0.1) is 11.8 Å². The van der Waals surface area contributed by atoms with Gasteiger partial charge in [0.1, 0.15) is 22.6 Å². The average molecular weight is 466 g/mol. The standard InChI is InChI=1S/C23H22N4O7/c1-27(2)16-10-6-8-5-9-7-11-15(26-4-3-25-11)18(29)12(9)17(28)13(8)20(31)23(10,34)21(32)14(19(16)30)22(24)33/h3-4,7-8,10,16,28-29,32,34H,5-6H2,1-2H3,(H2,24,33)/t8-,10-,16-,23-/m0/s1. The van der Waals surface area contributed by atoms with Gasteiger partial charge in [0.2, 0.25) is 5.78 Å². The number of hydrogen-bond acceptors (Lipinski definition) is 10. The maximum absolute atomic E-state index is 13.7. The van der Waals surface area contributed by atoms with Crippen LogP contribution in [0.1, 0.15) is 17.5 Å². The number of amides is 1. The molecule has 0 aliphatic heterocycles. The first-order chi connectivity index (χ1) is 16.0. The first-order valence-electron chi connectivity index (χ1n) is 10.6. The van der Waals surface area contributed by atoms with E-state index >= 15 is 0 Å². The summed E-state index contributed by atoms with van der Waals surface area (Å²) in [6.45, 7) is 0. The summed E-state index contributed by atoms with van der Waals surface area (Å²) >= 11 is 0. The van der Waals surface area contributed by atoms with Crippen LogP contribution in [0.2, 0.25) is 0 Å². The molecule has 0 saturated heterocycles. The van der Waals surface area contributed by atoms with Crippen LogP contribution in [0.5, 0.6) is 5.75 Å². The number of phenols is 1. The Hall–Kier alpha value is -3.83. The number of fused-ring (bicyclic) bond motifs is 4. The molecule has 0 bridgehead atoms. The number of ketones is 2. The number of Topliss-reactive ketones (excluding diaryl/α,β-unsaturated/α-hetero) is 2. The highest BCUT2D eigenvalue weighted by Gasteiger charge is 2.64. The average Bonchev–Trinajstić information content (AvgIpc) is 2.76. The summed E-state index contributed by atoms with van der Waals surface area (Å²) < 4.78 is 0. The van der Waals surface area contributed by atoms with Crippen molar-refractivity contribution in [1.82, 2.24) is 14.9 Å². The van der Waals surface area contributed by atoms with Gasteiger partial charge in [-0.25, -0.2) is 4.98 Å². The van der Waals surface area contributed by atoms with Gasteiger partial charge in [-0.05, 0) is 44.5 Å². The van der Waals surface area contributed by atoms with E-state index in [0.29, 0.717) is 11.1 Å². The monoisotopic (exact) mass is 466 g/mol. The number of rotatable bonds is 2. The Balaban J connectivity index is 1.76. The van der Waals surface area contributed by atoms with Gasteiger partial charge in [-0.3, -0.25) is 24.3 Å². The molecule has 4 atom stereocenters. The molecular weight excluding hydrogens is 444 g/mol. The minimum atomic E-state index is -2.66. The van der Waals surface area contributed by atoms with Gasteiger partial charge in [-0.2, -0.15) is 0 Å². The first kappa shape index (κ1) is 22.0. The zero-order valence-electron chi connectivity index (χ0n) is 18.3. The summed E-state index contributed by atoms with van der Waals surface area (Å²) in [6.07, 6.45) is 3.07. The fraction of sp³-hybridized carbons (Fsp3) is 0.348. The van der Waals surface area contributed by atoms with Gasteiger partial charge < -0.3 is 26.2 Å². The van der Waals surface area contributed by atoms with Crippen molar-refractivity contribution in [2.24, 2.45) is 17.6 Å². The number of aromatic hydroxyl groups is 1. The van der Waals surface area contributed by atoms with E-state index in [0.717, 1.165) is 0 Å². The summed E-state index contributed by atoms with van der Waals surface area (Å²) in [5.74, 6) is -6.88. The number of nitrogens with zero attached hydrogens (tertiary/aromatic N) is 3. The third-order valence-corrected chi connectivity index (χ3v) is 7.15. The zero-order chi connectivity index (χ0) is 24.7. The number of benzene rings is 1. The quantitative estimate of drug-likeness (QED) is 0.374. The number of primary amides is 1. The predicted octanol–water partition coefficient (Wildman–Crippen LogP) is -0.0928. The van der Waals surface area contributed by atoms with E-state index in [1.54, 1.807) is 20.2 Å². The lowest BCUT2D eigenvalue weighted by Crippen LogP contribution is -2.65. The lowest BCUT2D eigenvalue weighted by molar-refractivity contribution is -0.153. The van der Waals surface area contributed by atoms with Crippen molar-refractivity contribution in [2.45, 2.75) is 24.5 Å². The van der Waals surface area contributed by atoms with E-state index < -0.39 is 58.0 Å². The predicted molar refractivity (Wildman–Crippen MR) is 117 cm³/mol. The van der Waals surface area contributed by atoms with E-state index in [4.69, 9.17) is 5.73 Å². The second-order valence-corrected chi connectivity index (χ2v) is 9.14. The van der Waals surface area contributed by atoms with Crippen molar-refractivity contribution in [2.75, 3.05) is 14.1 Å². The molecule has 0 radical (unpaired) electrons. The molecule has 11 heteroatoms. The summed E-state index contributed by atoms with van der Waals surface area (Å²) in [7, 11) is 3.10. The molecule has 34 heavy (non-hydrogen) atoms. The van der Waals surface area contributed by atoms with Gasteiger partial charge in [0.15, 0.2) is 17.1 Å². The number of carbonyl (C=O) groups excluding carboxylic acids is 3. The number of carbonyl (C=O) groups is 3. The highest BCUT2D eigenvalue weighted by atomic mass is 16.3. The van der Waals surface area contributed by atoms with Gasteiger partial charge in [-0.1, -0.05) is 0 Å². The number of aliphatic hydroxyl groups is 3. The molecule has 176 valence electrons. The van der Waals surface area contributed by atoms with Crippen LogP contribution in [0.4, 0.5) is 0 Å². The fourth-order valence-corrected chi connectivity index (χ4v) is 5.72. The molecule has 3 aliphatic carbocycles. The van der Waals surface area contributed by atoms with Gasteiger partial charge in [-0.15, -0.1) is 0 Å². The minimum absolute atomic E-state index is 0.00992. The smallest absolute Gasteiger partial charge is 0.255 e. The van der Waals surface area contributed by atoms with Crippen molar-refractivity contribution in [3.63, 3.8) is 0 Å². The molecule has 3 aliphatic rings. The Kier molecular flexibility index (Phi) is 4.58. The third-order valence-electron chi connectivity index (χ3n) is 7.15.